The van der Waals surface area contributed by atoms with E-state index in [2.05, 4.69) is 11.8 Å². The molecule has 0 heterocycles. The lowest BCUT2D eigenvalue weighted by Gasteiger charge is -1.99. The van der Waals surface area contributed by atoms with Crippen molar-refractivity contribution in [2.75, 3.05) is 5.75 Å². The maximum absolute atomic E-state index is 13.5. The summed E-state index contributed by atoms with van der Waals surface area (Å²) in [7, 11) is 0. The predicted molar refractivity (Wildman–Crippen MR) is 67.8 cm³/mol. The summed E-state index contributed by atoms with van der Waals surface area (Å²) in [6.45, 7) is 1.45. The number of benzene rings is 1. The van der Waals surface area contributed by atoms with Crippen LogP contribution in [0.5, 0.6) is 0 Å². The molecule has 1 N–H and O–H groups in total. The SMILES string of the molecule is CC(=O)SCC#Cc1ccc(CC(=O)O)c(F)c1. The molecular weight excluding hydrogens is 255 g/mol. The molecule has 5 heteroatoms. The van der Waals surface area contributed by atoms with Gasteiger partial charge in [0.05, 0.1) is 12.2 Å². The molecule has 1 aromatic carbocycles. The number of hydrogen-bond donors (Lipinski definition) is 1. The van der Waals surface area contributed by atoms with Gasteiger partial charge >= 0.3 is 5.97 Å². The van der Waals surface area contributed by atoms with E-state index in [0.29, 0.717) is 11.3 Å². The van der Waals surface area contributed by atoms with Gasteiger partial charge in [-0.1, -0.05) is 29.7 Å². The number of carbonyl (C=O) groups is 2. The second-order valence-electron chi connectivity index (χ2n) is 3.46. The quantitative estimate of drug-likeness (QED) is 0.851. The Hall–Kier alpha value is -1.80. The maximum Gasteiger partial charge on any atom is 0.307 e. The van der Waals surface area contributed by atoms with E-state index in [9.17, 15) is 14.0 Å². The van der Waals surface area contributed by atoms with Crippen LogP contribution < -0.4 is 0 Å². The number of rotatable bonds is 3. The van der Waals surface area contributed by atoms with E-state index in [4.69, 9.17) is 5.11 Å². The minimum atomic E-state index is -1.08. The van der Waals surface area contributed by atoms with Crippen molar-refractivity contribution in [2.45, 2.75) is 13.3 Å². The molecule has 94 valence electrons. The largest absolute Gasteiger partial charge is 0.481 e. The van der Waals surface area contributed by atoms with Crippen molar-refractivity contribution < 1.29 is 19.1 Å². The number of halogens is 1. The van der Waals surface area contributed by atoms with Crippen molar-refractivity contribution in [1.29, 1.82) is 0 Å². The van der Waals surface area contributed by atoms with Crippen LogP contribution in [0.3, 0.4) is 0 Å². The summed E-state index contributed by atoms with van der Waals surface area (Å²) in [6, 6.07) is 4.17. The molecular formula is C13H11FO3S. The summed E-state index contributed by atoms with van der Waals surface area (Å²) in [5.41, 5.74) is 0.594. The predicted octanol–water partition coefficient (Wildman–Crippen LogP) is 2.08. The summed E-state index contributed by atoms with van der Waals surface area (Å²) in [5, 5.41) is 8.54. The van der Waals surface area contributed by atoms with Crippen LogP contribution in [0.1, 0.15) is 18.1 Å². The molecule has 3 nitrogen and oxygen atoms in total. The molecule has 0 bridgehead atoms. The highest BCUT2D eigenvalue weighted by molar-refractivity contribution is 8.13. The van der Waals surface area contributed by atoms with Crippen LogP contribution in [0, 0.1) is 17.7 Å². The Bertz CT molecular complexity index is 529. The molecule has 1 rings (SSSR count). The molecule has 0 fully saturated rings. The third-order valence-electron chi connectivity index (χ3n) is 1.98. The van der Waals surface area contributed by atoms with Crippen molar-refractivity contribution in [3.8, 4) is 11.8 Å². The van der Waals surface area contributed by atoms with Gasteiger partial charge in [0, 0.05) is 12.5 Å². The molecule has 18 heavy (non-hydrogen) atoms. The summed E-state index contributed by atoms with van der Waals surface area (Å²) < 4.78 is 13.5. The zero-order chi connectivity index (χ0) is 13.5. The molecule has 0 saturated carbocycles. The second-order valence-corrected chi connectivity index (χ2v) is 4.61. The first kappa shape index (κ1) is 14.3. The lowest BCUT2D eigenvalue weighted by Crippen LogP contribution is -2.02. The van der Waals surface area contributed by atoms with Gasteiger partial charge in [0.15, 0.2) is 5.12 Å². The van der Waals surface area contributed by atoms with Crippen molar-refractivity contribution in [2.24, 2.45) is 0 Å². The normalized spacial score (nSPS) is 9.44. The number of thioether (sulfide) groups is 1. The van der Waals surface area contributed by atoms with Crippen LogP contribution in [0.2, 0.25) is 0 Å². The summed E-state index contributed by atoms with van der Waals surface area (Å²) in [6.07, 6.45) is -0.347. The van der Waals surface area contributed by atoms with E-state index < -0.39 is 11.8 Å². The van der Waals surface area contributed by atoms with Crippen LogP contribution in [0.4, 0.5) is 4.39 Å². The summed E-state index contributed by atoms with van der Waals surface area (Å²) >= 11 is 1.08. The van der Waals surface area contributed by atoms with Crippen LogP contribution in [-0.2, 0) is 16.0 Å². The fraction of sp³-hybridized carbons (Fsp3) is 0.231. The maximum atomic E-state index is 13.5. The highest BCUT2D eigenvalue weighted by atomic mass is 32.2. The van der Waals surface area contributed by atoms with E-state index in [-0.39, 0.29) is 17.1 Å². The molecule has 0 aliphatic heterocycles. The van der Waals surface area contributed by atoms with Gasteiger partial charge in [0.2, 0.25) is 0 Å². The third kappa shape index (κ3) is 5.02. The van der Waals surface area contributed by atoms with Crippen LogP contribution in [0.25, 0.3) is 0 Å². The van der Waals surface area contributed by atoms with Crippen molar-refractivity contribution >= 4 is 22.8 Å². The van der Waals surface area contributed by atoms with Gasteiger partial charge in [0.1, 0.15) is 5.82 Å². The Morgan fingerprint density at radius 2 is 2.17 bits per heavy atom. The third-order valence-corrected chi connectivity index (χ3v) is 2.67. The number of carboxylic acid groups (broad SMARTS) is 1. The van der Waals surface area contributed by atoms with Gasteiger partial charge in [0.25, 0.3) is 0 Å². The van der Waals surface area contributed by atoms with Gasteiger partial charge in [-0.2, -0.15) is 0 Å². The molecule has 0 spiro atoms. The summed E-state index contributed by atoms with van der Waals surface area (Å²) in [5.74, 6) is 4.14. The number of carboxylic acids is 1. The van der Waals surface area contributed by atoms with Crippen molar-refractivity contribution in [3.63, 3.8) is 0 Å². The molecule has 0 radical (unpaired) electrons. The van der Waals surface area contributed by atoms with Gasteiger partial charge in [-0.05, 0) is 17.7 Å². The fourth-order valence-electron chi connectivity index (χ4n) is 1.21. The van der Waals surface area contributed by atoms with Crippen molar-refractivity contribution in [3.05, 3.63) is 35.1 Å². The highest BCUT2D eigenvalue weighted by Gasteiger charge is 2.06. The number of carbonyl (C=O) groups excluding carboxylic acids is 1. The first-order chi connectivity index (χ1) is 8.49. The lowest BCUT2D eigenvalue weighted by atomic mass is 10.1. The smallest absolute Gasteiger partial charge is 0.307 e. The van der Waals surface area contributed by atoms with E-state index in [1.165, 1.54) is 19.1 Å². The van der Waals surface area contributed by atoms with E-state index >= 15 is 0 Å². The fourth-order valence-corrected chi connectivity index (χ4v) is 1.55. The van der Waals surface area contributed by atoms with E-state index in [0.717, 1.165) is 11.8 Å². The van der Waals surface area contributed by atoms with Gasteiger partial charge in [-0.25, -0.2) is 4.39 Å². The minimum Gasteiger partial charge on any atom is -0.481 e. The first-order valence-electron chi connectivity index (χ1n) is 5.11. The molecule has 0 atom stereocenters. The highest BCUT2D eigenvalue weighted by Crippen LogP contribution is 2.10. The molecule has 0 unspecified atom stereocenters. The minimum absolute atomic E-state index is 0.0210. The molecule has 1 aromatic rings. The number of aliphatic carboxylic acids is 1. The van der Waals surface area contributed by atoms with Gasteiger partial charge < -0.3 is 5.11 Å². The average molecular weight is 266 g/mol. The van der Waals surface area contributed by atoms with Crippen LogP contribution in [0.15, 0.2) is 18.2 Å². The zero-order valence-electron chi connectivity index (χ0n) is 9.70. The molecule has 0 saturated heterocycles. The van der Waals surface area contributed by atoms with Crippen molar-refractivity contribution in [1.82, 2.24) is 0 Å². The second kappa shape index (κ2) is 6.82. The van der Waals surface area contributed by atoms with Crippen LogP contribution in [-0.4, -0.2) is 21.9 Å². The van der Waals surface area contributed by atoms with Gasteiger partial charge in [-0.15, -0.1) is 0 Å². The Labute approximate surface area is 108 Å². The Kier molecular flexibility index (Phi) is 5.40. The standard InChI is InChI=1S/C13H11FO3S/c1-9(15)18-6-2-3-10-4-5-11(8-13(16)17)12(14)7-10/h4-5,7H,6,8H2,1H3,(H,16,17). The monoisotopic (exact) mass is 266 g/mol. The van der Waals surface area contributed by atoms with E-state index in [1.54, 1.807) is 6.07 Å². The zero-order valence-corrected chi connectivity index (χ0v) is 10.5. The Morgan fingerprint density at radius 3 is 2.72 bits per heavy atom. The topological polar surface area (TPSA) is 54.4 Å². The molecule has 0 aliphatic carbocycles. The Morgan fingerprint density at radius 1 is 1.44 bits per heavy atom. The lowest BCUT2D eigenvalue weighted by molar-refractivity contribution is -0.136. The molecule has 0 aromatic heterocycles. The molecule has 0 aliphatic rings. The average Bonchev–Trinajstić information content (AvgIpc) is 2.27. The summed E-state index contributed by atoms with van der Waals surface area (Å²) in [4.78, 5) is 21.1. The van der Waals surface area contributed by atoms with Crippen LogP contribution >= 0.6 is 11.8 Å². The number of hydrogen-bond acceptors (Lipinski definition) is 3. The Balaban J connectivity index is 2.72. The van der Waals surface area contributed by atoms with Gasteiger partial charge in [-0.3, -0.25) is 9.59 Å². The van der Waals surface area contributed by atoms with E-state index in [1.807, 2.05) is 0 Å². The first-order valence-corrected chi connectivity index (χ1v) is 6.10. The molecule has 0 amide bonds.